The van der Waals surface area contributed by atoms with Crippen LogP contribution in [0.3, 0.4) is 0 Å². The minimum Gasteiger partial charge on any atom is -0.324 e. The van der Waals surface area contributed by atoms with E-state index in [1.165, 1.54) is 0 Å². The standard InChI is InChI=1S/C17H17ClN4S/c1-10(2)16-20-11(3)15(23-16)14-7-8-19-17(22-14)21-13-6-4-5-12(18)9-13/h4-10H,1-3H3,(H,19,21,22). The Morgan fingerprint density at radius 2 is 2.00 bits per heavy atom. The van der Waals surface area contributed by atoms with E-state index in [1.54, 1.807) is 17.5 Å². The average Bonchev–Trinajstić information content (AvgIpc) is 2.90. The highest BCUT2D eigenvalue weighted by molar-refractivity contribution is 7.15. The second kappa shape index (κ2) is 6.64. The number of hydrogen-bond acceptors (Lipinski definition) is 5. The summed E-state index contributed by atoms with van der Waals surface area (Å²) in [6.45, 7) is 6.31. The molecule has 0 radical (unpaired) electrons. The number of benzene rings is 1. The third-order valence-corrected chi connectivity index (χ3v) is 4.99. The van der Waals surface area contributed by atoms with Crippen LogP contribution in [-0.2, 0) is 0 Å². The van der Waals surface area contributed by atoms with Gasteiger partial charge < -0.3 is 5.32 Å². The lowest BCUT2D eigenvalue weighted by Gasteiger charge is -2.06. The highest BCUT2D eigenvalue weighted by Crippen LogP contribution is 2.32. The lowest BCUT2D eigenvalue weighted by atomic mass is 10.2. The Bertz CT molecular complexity index is 829. The van der Waals surface area contributed by atoms with Crippen LogP contribution in [0.15, 0.2) is 36.5 Å². The predicted molar refractivity (Wildman–Crippen MR) is 96.7 cm³/mol. The maximum Gasteiger partial charge on any atom is 0.227 e. The number of anilines is 2. The molecule has 2 heterocycles. The Kier molecular flexibility index (Phi) is 4.59. The monoisotopic (exact) mass is 344 g/mol. The van der Waals surface area contributed by atoms with E-state index in [-0.39, 0.29) is 0 Å². The summed E-state index contributed by atoms with van der Waals surface area (Å²) in [7, 11) is 0. The van der Waals surface area contributed by atoms with Crippen molar-refractivity contribution >= 4 is 34.6 Å². The van der Waals surface area contributed by atoms with Crippen LogP contribution in [0, 0.1) is 6.92 Å². The van der Waals surface area contributed by atoms with Crippen molar-refractivity contribution in [2.45, 2.75) is 26.7 Å². The van der Waals surface area contributed by atoms with Gasteiger partial charge in [-0.05, 0) is 31.2 Å². The maximum absolute atomic E-state index is 6.00. The minimum atomic E-state index is 0.415. The van der Waals surface area contributed by atoms with E-state index < -0.39 is 0 Å². The predicted octanol–water partition coefficient (Wildman–Crippen LogP) is 5.43. The largest absolute Gasteiger partial charge is 0.324 e. The molecule has 6 heteroatoms. The van der Waals surface area contributed by atoms with Gasteiger partial charge in [-0.25, -0.2) is 15.0 Å². The van der Waals surface area contributed by atoms with Crippen LogP contribution in [-0.4, -0.2) is 15.0 Å². The first-order valence-electron chi connectivity index (χ1n) is 7.36. The van der Waals surface area contributed by atoms with Gasteiger partial charge in [-0.2, -0.15) is 0 Å². The number of hydrogen-bond donors (Lipinski definition) is 1. The molecule has 23 heavy (non-hydrogen) atoms. The number of halogens is 1. The van der Waals surface area contributed by atoms with Gasteiger partial charge in [0.25, 0.3) is 0 Å². The molecule has 0 aliphatic heterocycles. The van der Waals surface area contributed by atoms with Gasteiger partial charge in [0.15, 0.2) is 0 Å². The zero-order valence-corrected chi connectivity index (χ0v) is 14.7. The van der Waals surface area contributed by atoms with Crippen LogP contribution in [0.4, 0.5) is 11.6 Å². The van der Waals surface area contributed by atoms with Crippen molar-refractivity contribution in [2.75, 3.05) is 5.32 Å². The van der Waals surface area contributed by atoms with Crippen molar-refractivity contribution in [3.05, 3.63) is 52.3 Å². The van der Waals surface area contributed by atoms with Crippen molar-refractivity contribution in [3.63, 3.8) is 0 Å². The number of nitrogens with one attached hydrogen (secondary N) is 1. The molecule has 2 aromatic heterocycles. The van der Waals surface area contributed by atoms with Gasteiger partial charge in [-0.15, -0.1) is 11.3 Å². The number of nitrogens with zero attached hydrogens (tertiary/aromatic N) is 3. The first kappa shape index (κ1) is 15.9. The summed E-state index contributed by atoms with van der Waals surface area (Å²) in [5, 5.41) is 4.98. The molecule has 0 atom stereocenters. The Morgan fingerprint density at radius 1 is 1.17 bits per heavy atom. The lowest BCUT2D eigenvalue weighted by Crippen LogP contribution is -1.97. The van der Waals surface area contributed by atoms with E-state index in [2.05, 4.69) is 34.1 Å². The van der Waals surface area contributed by atoms with Gasteiger partial charge in [-0.1, -0.05) is 31.5 Å². The molecule has 0 fully saturated rings. The summed E-state index contributed by atoms with van der Waals surface area (Å²) in [5.41, 5.74) is 2.75. The first-order chi connectivity index (χ1) is 11.0. The molecular formula is C17H17ClN4S. The fraction of sp³-hybridized carbons (Fsp3) is 0.235. The summed E-state index contributed by atoms with van der Waals surface area (Å²) in [4.78, 5) is 14.6. The zero-order chi connectivity index (χ0) is 16.4. The number of aromatic nitrogens is 3. The number of rotatable bonds is 4. The van der Waals surface area contributed by atoms with E-state index in [0.717, 1.165) is 27.0 Å². The molecule has 1 N–H and O–H groups in total. The second-order valence-electron chi connectivity index (χ2n) is 5.52. The molecular weight excluding hydrogens is 328 g/mol. The molecule has 0 bridgehead atoms. The molecule has 0 saturated heterocycles. The Morgan fingerprint density at radius 3 is 2.70 bits per heavy atom. The van der Waals surface area contributed by atoms with Crippen molar-refractivity contribution in [3.8, 4) is 10.6 Å². The van der Waals surface area contributed by atoms with E-state index in [1.807, 2.05) is 37.3 Å². The molecule has 3 rings (SSSR count). The summed E-state index contributed by atoms with van der Waals surface area (Å²) in [6, 6.07) is 9.39. The average molecular weight is 345 g/mol. The SMILES string of the molecule is Cc1nc(C(C)C)sc1-c1ccnc(Nc2cccc(Cl)c2)n1. The van der Waals surface area contributed by atoms with E-state index in [9.17, 15) is 0 Å². The Hall–Kier alpha value is -1.98. The molecule has 0 aliphatic carbocycles. The van der Waals surface area contributed by atoms with E-state index in [0.29, 0.717) is 16.9 Å². The topological polar surface area (TPSA) is 50.7 Å². The van der Waals surface area contributed by atoms with Crippen LogP contribution in [0.1, 0.15) is 30.5 Å². The van der Waals surface area contributed by atoms with Crippen molar-refractivity contribution < 1.29 is 0 Å². The first-order valence-corrected chi connectivity index (χ1v) is 8.55. The third kappa shape index (κ3) is 3.68. The molecule has 4 nitrogen and oxygen atoms in total. The lowest BCUT2D eigenvalue weighted by molar-refractivity contribution is 0.847. The molecule has 0 amide bonds. The molecule has 1 aromatic carbocycles. The van der Waals surface area contributed by atoms with Crippen molar-refractivity contribution in [2.24, 2.45) is 0 Å². The third-order valence-electron chi connectivity index (χ3n) is 3.28. The van der Waals surface area contributed by atoms with Gasteiger partial charge >= 0.3 is 0 Å². The maximum atomic E-state index is 6.00. The smallest absolute Gasteiger partial charge is 0.227 e. The fourth-order valence-corrected chi connectivity index (χ4v) is 3.37. The molecule has 0 aliphatic rings. The van der Waals surface area contributed by atoms with Gasteiger partial charge in [0, 0.05) is 22.8 Å². The molecule has 0 spiro atoms. The van der Waals surface area contributed by atoms with Crippen LogP contribution in [0.25, 0.3) is 10.6 Å². The number of thiazole rings is 1. The van der Waals surface area contributed by atoms with Crippen molar-refractivity contribution in [1.82, 2.24) is 15.0 Å². The van der Waals surface area contributed by atoms with Crippen LogP contribution in [0.2, 0.25) is 5.02 Å². The van der Waals surface area contributed by atoms with Crippen LogP contribution < -0.4 is 5.32 Å². The minimum absolute atomic E-state index is 0.415. The molecule has 0 saturated carbocycles. The van der Waals surface area contributed by atoms with Gasteiger partial charge in [0.05, 0.1) is 21.3 Å². The molecule has 118 valence electrons. The van der Waals surface area contributed by atoms with E-state index >= 15 is 0 Å². The summed E-state index contributed by atoms with van der Waals surface area (Å²) >= 11 is 7.69. The second-order valence-corrected chi connectivity index (χ2v) is 6.99. The highest BCUT2D eigenvalue weighted by atomic mass is 35.5. The Labute approximate surface area is 144 Å². The Balaban J connectivity index is 1.91. The van der Waals surface area contributed by atoms with Crippen LogP contribution >= 0.6 is 22.9 Å². The zero-order valence-electron chi connectivity index (χ0n) is 13.2. The van der Waals surface area contributed by atoms with Gasteiger partial charge in [0.2, 0.25) is 5.95 Å². The summed E-state index contributed by atoms with van der Waals surface area (Å²) < 4.78 is 0. The normalized spacial score (nSPS) is 11.0. The molecule has 0 unspecified atom stereocenters. The van der Waals surface area contributed by atoms with Gasteiger partial charge in [0.1, 0.15) is 0 Å². The van der Waals surface area contributed by atoms with Crippen LogP contribution in [0.5, 0.6) is 0 Å². The summed E-state index contributed by atoms with van der Waals surface area (Å²) in [6.07, 6.45) is 1.75. The summed E-state index contributed by atoms with van der Waals surface area (Å²) in [5.74, 6) is 0.960. The quantitative estimate of drug-likeness (QED) is 0.685. The van der Waals surface area contributed by atoms with Gasteiger partial charge in [-0.3, -0.25) is 0 Å². The molecule has 3 aromatic rings. The number of aryl methyl sites for hydroxylation is 1. The van der Waals surface area contributed by atoms with Crippen molar-refractivity contribution in [1.29, 1.82) is 0 Å². The fourth-order valence-electron chi connectivity index (χ4n) is 2.14. The van der Waals surface area contributed by atoms with E-state index in [4.69, 9.17) is 11.6 Å². The highest BCUT2D eigenvalue weighted by Gasteiger charge is 2.13.